The molecule has 1 saturated heterocycles. The highest BCUT2D eigenvalue weighted by atomic mass is 16.3. The predicted molar refractivity (Wildman–Crippen MR) is 52.9 cm³/mol. The average molecular weight is 177 g/mol. The summed E-state index contributed by atoms with van der Waals surface area (Å²) in [6.07, 6.45) is 0. The summed E-state index contributed by atoms with van der Waals surface area (Å²) in [6, 6.07) is 6.28. The maximum Gasteiger partial charge on any atom is 0.120 e. The van der Waals surface area contributed by atoms with Gasteiger partial charge in [0, 0.05) is 18.2 Å². The average Bonchev–Trinajstić information content (AvgIpc) is 2.87. The van der Waals surface area contributed by atoms with E-state index in [1.165, 1.54) is 5.56 Å². The second-order valence-electron chi connectivity index (χ2n) is 3.93. The Kier molecular flexibility index (Phi) is 2.00. The van der Waals surface area contributed by atoms with Crippen molar-refractivity contribution in [1.82, 2.24) is 5.32 Å². The zero-order valence-corrected chi connectivity index (χ0v) is 8.04. The maximum absolute atomic E-state index is 9.59. The Hall–Kier alpha value is -1.02. The predicted octanol–water partition coefficient (Wildman–Crippen LogP) is 2.16. The smallest absolute Gasteiger partial charge is 0.120 e. The molecule has 0 aliphatic carbocycles. The van der Waals surface area contributed by atoms with Crippen LogP contribution in [0.3, 0.4) is 0 Å². The molecule has 1 fully saturated rings. The van der Waals surface area contributed by atoms with E-state index < -0.39 is 0 Å². The zero-order chi connectivity index (χ0) is 9.42. The molecule has 1 aliphatic heterocycles. The molecule has 0 spiro atoms. The van der Waals surface area contributed by atoms with Gasteiger partial charge in [-0.05, 0) is 17.5 Å². The first-order valence-electron chi connectivity index (χ1n) is 4.74. The van der Waals surface area contributed by atoms with Crippen molar-refractivity contribution in [1.29, 1.82) is 0 Å². The van der Waals surface area contributed by atoms with Gasteiger partial charge in [0.25, 0.3) is 0 Å². The number of hydrogen-bond acceptors (Lipinski definition) is 2. The number of benzene rings is 1. The number of phenolic OH excluding ortho intramolecular Hbond substituents is 1. The summed E-state index contributed by atoms with van der Waals surface area (Å²) in [5.74, 6) is 0.942. The van der Waals surface area contributed by atoms with Gasteiger partial charge in [-0.1, -0.05) is 26.0 Å². The van der Waals surface area contributed by atoms with Crippen LogP contribution in [-0.4, -0.2) is 11.7 Å². The summed E-state index contributed by atoms with van der Waals surface area (Å²) < 4.78 is 0. The van der Waals surface area contributed by atoms with Crippen molar-refractivity contribution in [3.63, 3.8) is 0 Å². The Morgan fingerprint density at radius 1 is 1.46 bits per heavy atom. The highest BCUT2D eigenvalue weighted by Crippen LogP contribution is 2.32. The molecular weight excluding hydrogens is 162 g/mol. The van der Waals surface area contributed by atoms with E-state index in [4.69, 9.17) is 0 Å². The molecule has 1 aliphatic rings. The summed E-state index contributed by atoms with van der Waals surface area (Å²) in [5.41, 5.74) is 2.34. The Morgan fingerprint density at radius 2 is 2.15 bits per heavy atom. The van der Waals surface area contributed by atoms with Crippen LogP contribution in [0.5, 0.6) is 5.75 Å². The summed E-state index contributed by atoms with van der Waals surface area (Å²) in [6.45, 7) is 5.32. The topological polar surface area (TPSA) is 42.2 Å². The third kappa shape index (κ3) is 1.68. The Bertz CT molecular complexity index is 316. The van der Waals surface area contributed by atoms with Gasteiger partial charge in [-0.25, -0.2) is 0 Å². The number of hydrogen-bond donors (Lipinski definition) is 2. The quantitative estimate of drug-likeness (QED) is 0.680. The number of nitrogens with one attached hydrogen (secondary N) is 1. The monoisotopic (exact) mass is 177 g/mol. The second kappa shape index (κ2) is 3.04. The van der Waals surface area contributed by atoms with E-state index in [0.717, 1.165) is 12.1 Å². The summed E-state index contributed by atoms with van der Waals surface area (Å²) in [4.78, 5) is 0. The molecule has 70 valence electrons. The Balaban J connectivity index is 2.36. The van der Waals surface area contributed by atoms with E-state index in [1.807, 2.05) is 6.07 Å². The van der Waals surface area contributed by atoms with Crippen LogP contribution in [-0.2, 0) is 0 Å². The first-order chi connectivity index (χ1) is 6.18. The fraction of sp³-hybridized carbons (Fsp3) is 0.455. The lowest BCUT2D eigenvalue weighted by molar-refractivity contribution is 0.467. The van der Waals surface area contributed by atoms with Crippen LogP contribution >= 0.6 is 0 Å². The summed E-state index contributed by atoms with van der Waals surface area (Å²) in [7, 11) is 0. The van der Waals surface area contributed by atoms with Gasteiger partial charge in [0.15, 0.2) is 0 Å². The summed E-state index contributed by atoms with van der Waals surface area (Å²) >= 11 is 0. The highest BCUT2D eigenvalue weighted by molar-refractivity contribution is 5.41. The van der Waals surface area contributed by atoms with Crippen LogP contribution in [0.4, 0.5) is 0 Å². The molecular formula is C11H15NO. The Morgan fingerprint density at radius 3 is 2.69 bits per heavy atom. The molecule has 13 heavy (non-hydrogen) atoms. The molecule has 0 aromatic heterocycles. The molecule has 0 unspecified atom stereocenters. The third-order valence-electron chi connectivity index (χ3n) is 2.50. The molecule has 2 nitrogen and oxygen atoms in total. The van der Waals surface area contributed by atoms with Crippen molar-refractivity contribution in [3.05, 3.63) is 29.3 Å². The molecule has 1 aromatic rings. The van der Waals surface area contributed by atoms with E-state index in [2.05, 4.69) is 25.2 Å². The lowest BCUT2D eigenvalue weighted by Crippen LogP contribution is -1.91. The molecule has 1 heterocycles. The van der Waals surface area contributed by atoms with Gasteiger partial charge in [-0.2, -0.15) is 0 Å². The number of aromatic hydroxyl groups is 1. The number of rotatable bonds is 2. The van der Waals surface area contributed by atoms with Crippen molar-refractivity contribution < 1.29 is 5.11 Å². The van der Waals surface area contributed by atoms with E-state index in [0.29, 0.717) is 17.7 Å². The molecule has 0 bridgehead atoms. The largest absolute Gasteiger partial charge is 0.508 e. The van der Waals surface area contributed by atoms with Crippen LogP contribution < -0.4 is 5.32 Å². The minimum atomic E-state index is 0.388. The van der Waals surface area contributed by atoms with Crippen molar-refractivity contribution in [2.24, 2.45) is 0 Å². The van der Waals surface area contributed by atoms with Crippen LogP contribution in [0.1, 0.15) is 36.9 Å². The van der Waals surface area contributed by atoms with Gasteiger partial charge >= 0.3 is 0 Å². The first-order valence-corrected chi connectivity index (χ1v) is 4.74. The van der Waals surface area contributed by atoms with Crippen molar-refractivity contribution in [2.75, 3.05) is 6.54 Å². The van der Waals surface area contributed by atoms with Crippen molar-refractivity contribution in [2.45, 2.75) is 25.8 Å². The fourth-order valence-electron chi connectivity index (χ4n) is 1.49. The van der Waals surface area contributed by atoms with E-state index in [-0.39, 0.29) is 0 Å². The summed E-state index contributed by atoms with van der Waals surface area (Å²) in [5, 5.41) is 12.8. The molecule has 1 atom stereocenters. The molecule has 0 radical (unpaired) electrons. The van der Waals surface area contributed by atoms with Crippen molar-refractivity contribution >= 4 is 0 Å². The van der Waals surface area contributed by atoms with Crippen LogP contribution in [0.15, 0.2) is 18.2 Å². The lowest BCUT2D eigenvalue weighted by atomic mass is 9.99. The molecule has 2 rings (SSSR count). The van der Waals surface area contributed by atoms with E-state index in [9.17, 15) is 5.11 Å². The van der Waals surface area contributed by atoms with E-state index in [1.54, 1.807) is 6.07 Å². The van der Waals surface area contributed by atoms with Gasteiger partial charge in [0.05, 0.1) is 0 Å². The normalized spacial score (nSPS) is 20.7. The van der Waals surface area contributed by atoms with Gasteiger partial charge in [-0.3, -0.25) is 0 Å². The van der Waals surface area contributed by atoms with Gasteiger partial charge < -0.3 is 10.4 Å². The van der Waals surface area contributed by atoms with Crippen LogP contribution in [0, 0.1) is 0 Å². The fourth-order valence-corrected chi connectivity index (χ4v) is 1.49. The van der Waals surface area contributed by atoms with Gasteiger partial charge in [0.2, 0.25) is 0 Å². The van der Waals surface area contributed by atoms with E-state index >= 15 is 0 Å². The molecule has 2 heteroatoms. The highest BCUT2D eigenvalue weighted by Gasteiger charge is 2.25. The van der Waals surface area contributed by atoms with Crippen LogP contribution in [0.25, 0.3) is 0 Å². The third-order valence-corrected chi connectivity index (χ3v) is 2.50. The molecule has 2 N–H and O–H groups in total. The molecule has 0 saturated carbocycles. The SMILES string of the molecule is CC(C)c1ccc(O)c([C@H]2CN2)c1. The zero-order valence-electron chi connectivity index (χ0n) is 8.04. The van der Waals surface area contributed by atoms with Crippen LogP contribution in [0.2, 0.25) is 0 Å². The standard InChI is InChI=1S/C11H15NO/c1-7(2)8-3-4-11(13)9(5-8)10-6-12-10/h3-5,7,10,12-13H,6H2,1-2H3/t10-/m1/s1. The molecule has 1 aromatic carbocycles. The Labute approximate surface area is 78.6 Å². The maximum atomic E-state index is 9.59. The molecule has 0 amide bonds. The van der Waals surface area contributed by atoms with Gasteiger partial charge in [-0.15, -0.1) is 0 Å². The first kappa shape index (κ1) is 8.57. The van der Waals surface area contributed by atoms with Gasteiger partial charge in [0.1, 0.15) is 5.75 Å². The minimum Gasteiger partial charge on any atom is -0.508 e. The van der Waals surface area contributed by atoms with Crippen molar-refractivity contribution in [3.8, 4) is 5.75 Å². The lowest BCUT2D eigenvalue weighted by Gasteiger charge is -2.08. The second-order valence-corrected chi connectivity index (χ2v) is 3.93. The minimum absolute atomic E-state index is 0.388. The number of phenols is 1.